The molecular formula is C17H30N4O2. The van der Waals surface area contributed by atoms with Crippen LogP contribution in [0.4, 0.5) is 0 Å². The molecule has 1 aliphatic carbocycles. The predicted molar refractivity (Wildman–Crippen MR) is 88.0 cm³/mol. The van der Waals surface area contributed by atoms with E-state index in [4.69, 9.17) is 9.26 Å². The fourth-order valence-electron chi connectivity index (χ4n) is 3.70. The van der Waals surface area contributed by atoms with E-state index < -0.39 is 0 Å². The second-order valence-corrected chi connectivity index (χ2v) is 6.87. The first kappa shape index (κ1) is 16.9. The van der Waals surface area contributed by atoms with Crippen LogP contribution in [0, 0.1) is 5.92 Å². The van der Waals surface area contributed by atoms with Gasteiger partial charge in [0.25, 0.3) is 0 Å². The van der Waals surface area contributed by atoms with Crippen molar-refractivity contribution < 1.29 is 9.26 Å². The van der Waals surface area contributed by atoms with Gasteiger partial charge < -0.3 is 14.2 Å². The van der Waals surface area contributed by atoms with Gasteiger partial charge in [0.15, 0.2) is 5.82 Å². The summed E-state index contributed by atoms with van der Waals surface area (Å²) in [5.41, 5.74) is 0. The zero-order valence-electron chi connectivity index (χ0n) is 14.5. The van der Waals surface area contributed by atoms with E-state index in [9.17, 15) is 0 Å². The molecule has 1 aromatic heterocycles. The Hall–Kier alpha value is -0.980. The van der Waals surface area contributed by atoms with Gasteiger partial charge in [-0.1, -0.05) is 18.0 Å². The summed E-state index contributed by atoms with van der Waals surface area (Å²) in [6.45, 7) is 11.1. The van der Waals surface area contributed by atoms with Gasteiger partial charge in [0.2, 0.25) is 5.89 Å². The van der Waals surface area contributed by atoms with Gasteiger partial charge in [0, 0.05) is 39.3 Å². The monoisotopic (exact) mass is 322 g/mol. The molecule has 0 amide bonds. The fraction of sp³-hybridized carbons (Fsp3) is 0.882. The molecule has 0 N–H and O–H groups in total. The third kappa shape index (κ3) is 4.75. The van der Waals surface area contributed by atoms with Crippen LogP contribution in [0.15, 0.2) is 4.52 Å². The molecule has 1 aromatic rings. The number of hydrogen-bond donors (Lipinski definition) is 0. The lowest BCUT2D eigenvalue weighted by Gasteiger charge is -2.35. The van der Waals surface area contributed by atoms with Crippen molar-refractivity contribution in [1.29, 1.82) is 0 Å². The molecule has 1 atom stereocenters. The van der Waals surface area contributed by atoms with Crippen LogP contribution in [0.3, 0.4) is 0 Å². The fourth-order valence-corrected chi connectivity index (χ4v) is 3.70. The van der Waals surface area contributed by atoms with E-state index in [2.05, 4.69) is 19.9 Å². The summed E-state index contributed by atoms with van der Waals surface area (Å²) in [5.74, 6) is 2.30. The zero-order chi connectivity index (χ0) is 16.1. The molecule has 1 saturated carbocycles. The SMILES string of the molecule is CCO[C@H](C)c1noc(CN2CCN(CC3CCCC3)CC2)n1. The van der Waals surface area contributed by atoms with Gasteiger partial charge >= 0.3 is 0 Å². The largest absolute Gasteiger partial charge is 0.371 e. The standard InChI is InChI=1S/C17H30N4O2/c1-3-22-14(2)17-18-16(23-19-17)13-21-10-8-20(9-11-21)12-15-6-4-5-7-15/h14-15H,3-13H2,1-2H3/t14-/m1/s1. The van der Waals surface area contributed by atoms with Gasteiger partial charge in [-0.05, 0) is 32.6 Å². The zero-order valence-corrected chi connectivity index (χ0v) is 14.5. The minimum Gasteiger partial charge on any atom is -0.371 e. The molecule has 2 aliphatic rings. The molecule has 6 nitrogen and oxygen atoms in total. The molecule has 3 rings (SSSR count). The number of rotatable bonds is 7. The van der Waals surface area contributed by atoms with E-state index in [1.807, 2.05) is 13.8 Å². The molecule has 0 radical (unpaired) electrons. The van der Waals surface area contributed by atoms with E-state index in [-0.39, 0.29) is 6.10 Å². The average molecular weight is 322 g/mol. The first-order valence-corrected chi connectivity index (χ1v) is 9.13. The highest BCUT2D eigenvalue weighted by atomic mass is 16.5. The predicted octanol–water partition coefficient (Wildman–Crippen LogP) is 2.47. The van der Waals surface area contributed by atoms with Crippen LogP contribution in [0.2, 0.25) is 0 Å². The minimum atomic E-state index is -0.0965. The molecule has 130 valence electrons. The second-order valence-electron chi connectivity index (χ2n) is 6.87. The second kappa shape index (κ2) is 8.22. The van der Waals surface area contributed by atoms with Crippen LogP contribution >= 0.6 is 0 Å². The molecule has 6 heteroatoms. The number of nitrogens with zero attached hydrogens (tertiary/aromatic N) is 4. The third-order valence-electron chi connectivity index (χ3n) is 5.08. The summed E-state index contributed by atoms with van der Waals surface area (Å²) in [6.07, 6.45) is 5.64. The van der Waals surface area contributed by atoms with Crippen molar-refractivity contribution in [2.24, 2.45) is 5.92 Å². The highest BCUT2D eigenvalue weighted by molar-refractivity contribution is 4.90. The van der Waals surface area contributed by atoms with Crippen molar-refractivity contribution in [3.05, 3.63) is 11.7 Å². The van der Waals surface area contributed by atoms with Crippen molar-refractivity contribution in [2.75, 3.05) is 39.3 Å². The van der Waals surface area contributed by atoms with Gasteiger partial charge in [0.05, 0.1) is 6.54 Å². The summed E-state index contributed by atoms with van der Waals surface area (Å²) in [4.78, 5) is 9.51. The van der Waals surface area contributed by atoms with Gasteiger partial charge in [-0.2, -0.15) is 4.98 Å². The first-order valence-electron chi connectivity index (χ1n) is 9.13. The lowest BCUT2D eigenvalue weighted by Crippen LogP contribution is -2.47. The van der Waals surface area contributed by atoms with E-state index in [0.717, 1.165) is 38.6 Å². The molecule has 0 spiro atoms. The number of piperazine rings is 1. The van der Waals surface area contributed by atoms with Crippen molar-refractivity contribution in [2.45, 2.75) is 52.2 Å². The van der Waals surface area contributed by atoms with Gasteiger partial charge in [0.1, 0.15) is 6.10 Å². The van der Waals surface area contributed by atoms with Crippen molar-refractivity contribution in [1.82, 2.24) is 19.9 Å². The Morgan fingerprint density at radius 3 is 2.57 bits per heavy atom. The van der Waals surface area contributed by atoms with Crippen molar-refractivity contribution in [3.8, 4) is 0 Å². The molecule has 23 heavy (non-hydrogen) atoms. The van der Waals surface area contributed by atoms with Gasteiger partial charge in [-0.15, -0.1) is 0 Å². The lowest BCUT2D eigenvalue weighted by molar-refractivity contribution is 0.0683. The minimum absolute atomic E-state index is 0.0965. The van der Waals surface area contributed by atoms with E-state index in [1.54, 1.807) is 0 Å². The summed E-state index contributed by atoms with van der Waals surface area (Å²) in [6, 6.07) is 0. The summed E-state index contributed by atoms with van der Waals surface area (Å²) in [7, 11) is 0. The van der Waals surface area contributed by atoms with Gasteiger partial charge in [-0.25, -0.2) is 0 Å². The maximum absolute atomic E-state index is 5.50. The van der Waals surface area contributed by atoms with Gasteiger partial charge in [-0.3, -0.25) is 4.90 Å². The Bertz CT molecular complexity index is 465. The van der Waals surface area contributed by atoms with Crippen LogP contribution in [-0.2, 0) is 11.3 Å². The van der Waals surface area contributed by atoms with Crippen LogP contribution in [0.1, 0.15) is 57.3 Å². The molecule has 2 fully saturated rings. The molecule has 1 aliphatic heterocycles. The Balaban J connectivity index is 1.41. The Labute approximate surface area is 139 Å². The van der Waals surface area contributed by atoms with E-state index in [0.29, 0.717) is 18.3 Å². The number of hydrogen-bond acceptors (Lipinski definition) is 6. The lowest BCUT2D eigenvalue weighted by atomic mass is 10.1. The number of ether oxygens (including phenoxy) is 1. The Morgan fingerprint density at radius 1 is 1.17 bits per heavy atom. The average Bonchev–Trinajstić information content (AvgIpc) is 3.21. The maximum Gasteiger partial charge on any atom is 0.240 e. The molecule has 0 bridgehead atoms. The van der Waals surface area contributed by atoms with E-state index >= 15 is 0 Å². The quantitative estimate of drug-likeness (QED) is 0.769. The summed E-state index contributed by atoms with van der Waals surface area (Å²) < 4.78 is 10.9. The normalized spacial score (nSPS) is 22.7. The molecule has 0 unspecified atom stereocenters. The Kier molecular flexibility index (Phi) is 6.02. The highest BCUT2D eigenvalue weighted by Gasteiger charge is 2.23. The smallest absolute Gasteiger partial charge is 0.240 e. The van der Waals surface area contributed by atoms with Crippen molar-refractivity contribution >= 4 is 0 Å². The van der Waals surface area contributed by atoms with Crippen LogP contribution in [-0.4, -0.2) is 59.3 Å². The Morgan fingerprint density at radius 2 is 1.87 bits per heavy atom. The van der Waals surface area contributed by atoms with Crippen molar-refractivity contribution in [3.63, 3.8) is 0 Å². The molecule has 0 aromatic carbocycles. The molecule has 1 saturated heterocycles. The third-order valence-corrected chi connectivity index (χ3v) is 5.08. The molecular weight excluding hydrogens is 292 g/mol. The molecule has 2 heterocycles. The summed E-state index contributed by atoms with van der Waals surface area (Å²) >= 11 is 0. The van der Waals surface area contributed by atoms with E-state index in [1.165, 1.54) is 32.2 Å². The highest BCUT2D eigenvalue weighted by Crippen LogP contribution is 2.25. The first-order chi connectivity index (χ1) is 11.2. The number of aromatic nitrogens is 2. The topological polar surface area (TPSA) is 54.6 Å². The van der Waals surface area contributed by atoms with Crippen LogP contribution in [0.5, 0.6) is 0 Å². The van der Waals surface area contributed by atoms with Crippen LogP contribution < -0.4 is 0 Å². The maximum atomic E-state index is 5.50. The summed E-state index contributed by atoms with van der Waals surface area (Å²) in [5, 5.41) is 4.04. The van der Waals surface area contributed by atoms with Crippen LogP contribution in [0.25, 0.3) is 0 Å².